The minimum absolute atomic E-state index is 0.0860. The molecule has 1 rings (SSSR count). The van der Waals surface area contributed by atoms with E-state index in [9.17, 15) is 13.2 Å². The minimum Gasteiger partial charge on any atom is -0.477 e. The number of aromatic nitrogens is 1. The number of anilines is 1. The molecule has 0 radical (unpaired) electrons. The molecule has 1 heterocycles. The number of pyridine rings is 1. The molecule has 0 amide bonds. The minimum atomic E-state index is -3.19. The summed E-state index contributed by atoms with van der Waals surface area (Å²) in [6.07, 6.45) is 2.53. The van der Waals surface area contributed by atoms with E-state index in [1.165, 1.54) is 18.5 Å². The third kappa shape index (κ3) is 3.43. The number of carboxylic acids is 1. The number of nitrogens with zero attached hydrogens (tertiary/aromatic N) is 1. The molecule has 0 bridgehead atoms. The van der Waals surface area contributed by atoms with Gasteiger partial charge < -0.3 is 10.4 Å². The number of carboxylic acid groups (broad SMARTS) is 1. The normalized spacial score (nSPS) is 12.2. The number of carbonyl (C=O) groups is 1. The molecule has 0 fully saturated rings. The van der Waals surface area contributed by atoms with E-state index in [4.69, 9.17) is 5.11 Å². The number of aromatic carboxylic acids is 1. The monoisotopic (exact) mass is 272 g/mol. The van der Waals surface area contributed by atoms with Crippen molar-refractivity contribution in [1.82, 2.24) is 4.98 Å². The van der Waals surface area contributed by atoms with Crippen molar-refractivity contribution in [1.29, 1.82) is 0 Å². The Kier molecular flexibility index (Phi) is 3.95. The van der Waals surface area contributed by atoms with Crippen molar-refractivity contribution in [3.8, 4) is 0 Å². The topological polar surface area (TPSA) is 96.4 Å². The van der Waals surface area contributed by atoms with Crippen LogP contribution in [0.1, 0.15) is 24.3 Å². The summed E-state index contributed by atoms with van der Waals surface area (Å²) in [5, 5.41) is 11.7. The first-order chi connectivity index (χ1) is 8.13. The van der Waals surface area contributed by atoms with Gasteiger partial charge in [0.2, 0.25) is 0 Å². The van der Waals surface area contributed by atoms with E-state index in [1.54, 1.807) is 19.9 Å². The first-order valence-corrected chi connectivity index (χ1v) is 7.15. The molecule has 0 saturated carbocycles. The summed E-state index contributed by atoms with van der Waals surface area (Å²) >= 11 is 0. The Labute approximate surface area is 106 Å². The van der Waals surface area contributed by atoms with Crippen molar-refractivity contribution < 1.29 is 18.3 Å². The highest BCUT2D eigenvalue weighted by Crippen LogP contribution is 2.17. The average Bonchev–Trinajstić information content (AvgIpc) is 2.25. The lowest BCUT2D eigenvalue weighted by Gasteiger charge is -2.23. The standard InChI is InChI=1S/C11H16N2O4S/c1-11(2,18(3,16)17)7-13-8-4-5-12-9(6-8)10(14)15/h4-6H,7H2,1-3H3,(H,12,13)(H,14,15). The molecule has 0 aromatic carbocycles. The van der Waals surface area contributed by atoms with E-state index in [1.807, 2.05) is 0 Å². The molecule has 2 N–H and O–H groups in total. The lowest BCUT2D eigenvalue weighted by molar-refractivity contribution is 0.0690. The van der Waals surface area contributed by atoms with Crippen molar-refractivity contribution in [2.45, 2.75) is 18.6 Å². The number of nitrogens with one attached hydrogen (secondary N) is 1. The van der Waals surface area contributed by atoms with Gasteiger partial charge in [-0.05, 0) is 26.0 Å². The van der Waals surface area contributed by atoms with Crippen LogP contribution < -0.4 is 5.32 Å². The van der Waals surface area contributed by atoms with Crippen LogP contribution in [0.3, 0.4) is 0 Å². The van der Waals surface area contributed by atoms with Gasteiger partial charge in [-0.2, -0.15) is 0 Å². The third-order valence-electron chi connectivity index (χ3n) is 2.70. The molecule has 7 heteroatoms. The van der Waals surface area contributed by atoms with Crippen molar-refractivity contribution >= 4 is 21.5 Å². The van der Waals surface area contributed by atoms with Gasteiger partial charge in [-0.25, -0.2) is 18.2 Å². The van der Waals surface area contributed by atoms with Gasteiger partial charge in [-0.1, -0.05) is 0 Å². The van der Waals surface area contributed by atoms with Gasteiger partial charge in [0.05, 0.1) is 4.75 Å². The zero-order valence-corrected chi connectivity index (χ0v) is 11.3. The Morgan fingerprint density at radius 1 is 1.50 bits per heavy atom. The van der Waals surface area contributed by atoms with Gasteiger partial charge in [0, 0.05) is 24.7 Å². The number of rotatable bonds is 5. The molecule has 0 saturated heterocycles. The summed E-state index contributed by atoms with van der Waals surface area (Å²) in [6, 6.07) is 2.95. The van der Waals surface area contributed by atoms with Gasteiger partial charge in [0.25, 0.3) is 0 Å². The fourth-order valence-electron chi connectivity index (χ4n) is 1.10. The molecule has 0 aliphatic carbocycles. The van der Waals surface area contributed by atoms with Gasteiger partial charge in [0.1, 0.15) is 5.69 Å². The van der Waals surface area contributed by atoms with Crippen LogP contribution in [0.4, 0.5) is 5.69 Å². The largest absolute Gasteiger partial charge is 0.477 e. The smallest absolute Gasteiger partial charge is 0.354 e. The SMILES string of the molecule is CC(C)(CNc1ccnc(C(=O)O)c1)S(C)(=O)=O. The summed E-state index contributed by atoms with van der Waals surface area (Å²) in [6.45, 7) is 3.40. The highest BCUT2D eigenvalue weighted by atomic mass is 32.2. The molecule has 1 aromatic rings. The van der Waals surface area contributed by atoms with Crippen LogP contribution in [0.15, 0.2) is 18.3 Å². The highest BCUT2D eigenvalue weighted by Gasteiger charge is 2.29. The van der Waals surface area contributed by atoms with Crippen molar-refractivity contribution in [2.75, 3.05) is 18.1 Å². The molecule has 0 spiro atoms. The van der Waals surface area contributed by atoms with E-state index in [2.05, 4.69) is 10.3 Å². The van der Waals surface area contributed by atoms with Crippen LogP contribution in [0.25, 0.3) is 0 Å². The highest BCUT2D eigenvalue weighted by molar-refractivity contribution is 7.92. The summed E-state index contributed by atoms with van der Waals surface area (Å²) in [7, 11) is -3.19. The van der Waals surface area contributed by atoms with Crippen molar-refractivity contribution in [2.24, 2.45) is 0 Å². The Morgan fingerprint density at radius 2 is 2.11 bits per heavy atom. The zero-order valence-electron chi connectivity index (χ0n) is 10.5. The second kappa shape index (κ2) is 4.93. The van der Waals surface area contributed by atoms with Crippen molar-refractivity contribution in [3.63, 3.8) is 0 Å². The third-order valence-corrected chi connectivity index (χ3v) is 4.85. The molecular formula is C11H16N2O4S. The van der Waals surface area contributed by atoms with Crippen molar-refractivity contribution in [3.05, 3.63) is 24.0 Å². The van der Waals surface area contributed by atoms with Crippen LogP contribution in [0, 0.1) is 0 Å². The molecule has 0 unspecified atom stereocenters. The molecule has 0 aliphatic heterocycles. The van der Waals surface area contributed by atoms with Crippen LogP contribution in [-0.4, -0.2) is 42.0 Å². The molecule has 18 heavy (non-hydrogen) atoms. The van der Waals surface area contributed by atoms with Crippen LogP contribution >= 0.6 is 0 Å². The zero-order chi connectivity index (χ0) is 14.0. The average molecular weight is 272 g/mol. The molecule has 6 nitrogen and oxygen atoms in total. The fraction of sp³-hybridized carbons (Fsp3) is 0.455. The summed E-state index contributed by atoms with van der Waals surface area (Å²) in [5.41, 5.74) is 0.441. The number of hydrogen-bond acceptors (Lipinski definition) is 5. The summed E-state index contributed by atoms with van der Waals surface area (Å²) < 4.78 is 22.1. The first kappa shape index (κ1) is 14.4. The molecule has 0 atom stereocenters. The lowest BCUT2D eigenvalue weighted by atomic mass is 10.2. The van der Waals surface area contributed by atoms with E-state index >= 15 is 0 Å². The first-order valence-electron chi connectivity index (χ1n) is 5.26. The molecule has 1 aromatic heterocycles. The molecule has 100 valence electrons. The van der Waals surface area contributed by atoms with Gasteiger partial charge in [-0.15, -0.1) is 0 Å². The second-order valence-corrected chi connectivity index (χ2v) is 7.27. The van der Waals surface area contributed by atoms with E-state index in [-0.39, 0.29) is 12.2 Å². The quantitative estimate of drug-likeness (QED) is 0.830. The van der Waals surface area contributed by atoms with E-state index in [0.717, 1.165) is 0 Å². The lowest BCUT2D eigenvalue weighted by Crippen LogP contribution is -2.38. The van der Waals surface area contributed by atoms with Gasteiger partial charge in [0.15, 0.2) is 9.84 Å². The Morgan fingerprint density at radius 3 is 2.61 bits per heavy atom. The maximum Gasteiger partial charge on any atom is 0.354 e. The van der Waals surface area contributed by atoms with Gasteiger partial charge in [-0.3, -0.25) is 0 Å². The van der Waals surface area contributed by atoms with Crippen LogP contribution in [-0.2, 0) is 9.84 Å². The number of hydrogen-bond donors (Lipinski definition) is 2. The summed E-state index contributed by atoms with van der Waals surface area (Å²) in [5.74, 6) is -1.12. The molecular weight excluding hydrogens is 256 g/mol. The second-order valence-electron chi connectivity index (χ2n) is 4.62. The van der Waals surface area contributed by atoms with E-state index in [0.29, 0.717) is 5.69 Å². The van der Waals surface area contributed by atoms with Gasteiger partial charge >= 0.3 is 5.97 Å². The Bertz CT molecular complexity index is 552. The fourth-order valence-corrected chi connectivity index (χ4v) is 1.44. The maximum absolute atomic E-state index is 11.5. The van der Waals surface area contributed by atoms with Crippen LogP contribution in [0.5, 0.6) is 0 Å². The number of sulfone groups is 1. The Hall–Kier alpha value is -1.63. The summed E-state index contributed by atoms with van der Waals surface area (Å²) in [4.78, 5) is 14.4. The Balaban J connectivity index is 2.82. The predicted molar refractivity (Wildman–Crippen MR) is 68.6 cm³/mol. The van der Waals surface area contributed by atoms with Crippen LogP contribution in [0.2, 0.25) is 0 Å². The maximum atomic E-state index is 11.5. The molecule has 0 aliphatic rings. The van der Waals surface area contributed by atoms with E-state index < -0.39 is 20.6 Å². The predicted octanol–water partition coefficient (Wildman–Crippen LogP) is 1.01.